The molecule has 7 rings (SSSR count). The van der Waals surface area contributed by atoms with Gasteiger partial charge in [0.2, 0.25) is 10.0 Å². The second-order valence-electron chi connectivity index (χ2n) is 14.7. The lowest BCUT2D eigenvalue weighted by Gasteiger charge is -2.52. The molecule has 1 amide bonds. The van der Waals surface area contributed by atoms with Gasteiger partial charge < -0.3 is 23.8 Å². The van der Waals surface area contributed by atoms with Gasteiger partial charge in [0.25, 0.3) is 5.91 Å². The van der Waals surface area contributed by atoms with E-state index in [1.54, 1.807) is 32.4 Å². The van der Waals surface area contributed by atoms with Crippen LogP contribution in [0, 0.1) is 11.8 Å². The Kier molecular flexibility index (Phi) is 11.3. The third-order valence-electron chi connectivity index (χ3n) is 11.5. The van der Waals surface area contributed by atoms with Gasteiger partial charge in [0.05, 0.1) is 34.8 Å². The topological polar surface area (TPSA) is 103 Å². The first-order valence-corrected chi connectivity index (χ1v) is 22.0. The van der Waals surface area contributed by atoms with Crippen molar-refractivity contribution in [1.29, 1.82) is 0 Å². The van der Waals surface area contributed by atoms with Gasteiger partial charge in [-0.2, -0.15) is 0 Å². The lowest BCUT2D eigenvalue weighted by molar-refractivity contribution is -0.182. The van der Waals surface area contributed by atoms with E-state index in [0.29, 0.717) is 38.5 Å². The standard InChI is InChI=1S/C38H49ClN2O7S3/c1-25-7-4-15-38(46-3,36-49-17-6-18-50-36)30-22-47-33(30)21-41-23-37(14-5-8-26-19-28(39)10-11-29(26)37)24-48-32-12-9-27(20-31(32)41)35(42)40-51(43,44)34(25)13-16-45-2/h4,9-12,15,19-20,25,30,33-34,36H,5-8,13-14,16-18,21-24H2,1-3H3,(H,40,42)/b15-4+/t25-,30+,33-,34+,37-,38+/m0/s1. The van der Waals surface area contributed by atoms with Gasteiger partial charge in [-0.15, -0.1) is 23.5 Å². The summed E-state index contributed by atoms with van der Waals surface area (Å²) in [7, 11) is -0.699. The quantitative estimate of drug-likeness (QED) is 0.340. The van der Waals surface area contributed by atoms with Crippen LogP contribution in [0.3, 0.4) is 0 Å². The van der Waals surface area contributed by atoms with Crippen molar-refractivity contribution in [1.82, 2.24) is 4.72 Å². The molecule has 4 aliphatic heterocycles. The van der Waals surface area contributed by atoms with E-state index in [1.807, 2.05) is 36.5 Å². The zero-order valence-corrected chi connectivity index (χ0v) is 32.8. The molecule has 0 radical (unpaired) electrons. The van der Waals surface area contributed by atoms with Gasteiger partial charge in [-0.3, -0.25) is 4.79 Å². The van der Waals surface area contributed by atoms with Crippen LogP contribution in [0.1, 0.15) is 60.5 Å². The van der Waals surface area contributed by atoms with Crippen molar-refractivity contribution in [3.05, 3.63) is 70.3 Å². The first-order chi connectivity index (χ1) is 24.6. The van der Waals surface area contributed by atoms with Crippen molar-refractivity contribution in [2.24, 2.45) is 11.8 Å². The lowest BCUT2D eigenvalue weighted by Crippen LogP contribution is -2.62. The summed E-state index contributed by atoms with van der Waals surface area (Å²) >= 11 is 10.4. The minimum atomic E-state index is -4.06. The number of aryl methyl sites for hydroxylation is 1. The summed E-state index contributed by atoms with van der Waals surface area (Å²) < 4.78 is 55.6. The number of nitrogens with zero attached hydrogens (tertiary/aromatic N) is 1. The number of allylic oxidation sites excluding steroid dienone is 1. The zero-order chi connectivity index (χ0) is 35.8. The molecule has 1 N–H and O–H groups in total. The lowest BCUT2D eigenvalue weighted by atomic mass is 9.70. The highest BCUT2D eigenvalue weighted by atomic mass is 35.5. The molecule has 9 nitrogen and oxygen atoms in total. The maximum Gasteiger partial charge on any atom is 0.264 e. The molecule has 13 heteroatoms. The molecular weight excluding hydrogens is 728 g/mol. The summed E-state index contributed by atoms with van der Waals surface area (Å²) in [6.45, 7) is 4.42. The number of fused-ring (bicyclic) bond motifs is 4. The monoisotopic (exact) mass is 776 g/mol. The summed E-state index contributed by atoms with van der Waals surface area (Å²) in [4.78, 5) is 16.1. The molecule has 1 aliphatic carbocycles. The molecule has 2 saturated heterocycles. The number of rotatable bonds is 5. The fraction of sp³-hybridized carbons (Fsp3) is 0.605. The highest BCUT2D eigenvalue weighted by Crippen LogP contribution is 2.50. The molecule has 0 saturated carbocycles. The molecular formula is C38H49ClN2O7S3. The SMILES string of the molecule is COCC[C@@H]1[C@@H](C)C/C=C/[C@](OC)(C2SCCCS2)[C@@H]2CO[C@H]2CN2C[C@@]3(CCCc4cc(Cl)ccc43)COc3ccc(cc32)C(=O)NS1(=O)=O. The minimum Gasteiger partial charge on any atom is -0.490 e. The molecule has 0 unspecified atom stereocenters. The first kappa shape index (κ1) is 37.4. The van der Waals surface area contributed by atoms with E-state index >= 15 is 0 Å². The van der Waals surface area contributed by atoms with Crippen LogP contribution in [0.5, 0.6) is 5.75 Å². The summed E-state index contributed by atoms with van der Waals surface area (Å²) in [6, 6.07) is 11.4. The number of anilines is 1. The summed E-state index contributed by atoms with van der Waals surface area (Å²) in [6.07, 6.45) is 8.97. The van der Waals surface area contributed by atoms with Crippen LogP contribution < -0.4 is 14.4 Å². The number of carbonyl (C=O) groups is 1. The van der Waals surface area contributed by atoms with Crippen LogP contribution in [-0.4, -0.2) is 94.5 Å². The number of amides is 1. The van der Waals surface area contributed by atoms with Gasteiger partial charge in [-0.1, -0.05) is 36.7 Å². The molecule has 6 atom stereocenters. The Labute approximate surface area is 315 Å². The molecule has 2 bridgehead atoms. The van der Waals surface area contributed by atoms with Crippen molar-refractivity contribution < 1.29 is 32.2 Å². The van der Waals surface area contributed by atoms with E-state index in [9.17, 15) is 13.2 Å². The van der Waals surface area contributed by atoms with E-state index in [4.69, 9.17) is 30.5 Å². The van der Waals surface area contributed by atoms with Crippen LogP contribution in [0.2, 0.25) is 5.02 Å². The number of hydrogen-bond donors (Lipinski definition) is 1. The van der Waals surface area contributed by atoms with Gasteiger partial charge >= 0.3 is 0 Å². The molecule has 51 heavy (non-hydrogen) atoms. The van der Waals surface area contributed by atoms with Crippen molar-refractivity contribution >= 4 is 56.7 Å². The van der Waals surface area contributed by atoms with Crippen molar-refractivity contribution in [3.63, 3.8) is 0 Å². The van der Waals surface area contributed by atoms with Gasteiger partial charge in [-0.05, 0) is 97.4 Å². The highest BCUT2D eigenvalue weighted by Gasteiger charge is 2.54. The molecule has 1 spiro atoms. The Morgan fingerprint density at radius 2 is 1.94 bits per heavy atom. The fourth-order valence-electron chi connectivity index (χ4n) is 8.70. The van der Waals surface area contributed by atoms with Crippen LogP contribution in [0.4, 0.5) is 5.69 Å². The number of ether oxygens (including phenoxy) is 4. The summed E-state index contributed by atoms with van der Waals surface area (Å²) in [5.74, 6) is 1.90. The predicted octanol–water partition coefficient (Wildman–Crippen LogP) is 6.47. The van der Waals surface area contributed by atoms with Gasteiger partial charge in [0, 0.05) is 55.8 Å². The van der Waals surface area contributed by atoms with Crippen molar-refractivity contribution in [2.45, 2.75) is 72.4 Å². The molecule has 2 aromatic carbocycles. The van der Waals surface area contributed by atoms with Gasteiger partial charge in [0.1, 0.15) is 11.4 Å². The predicted molar refractivity (Wildman–Crippen MR) is 206 cm³/mol. The molecule has 2 fully saturated rings. The van der Waals surface area contributed by atoms with E-state index < -0.39 is 26.8 Å². The third-order valence-corrected chi connectivity index (χ3v) is 16.9. The van der Waals surface area contributed by atoms with E-state index in [1.165, 1.54) is 11.1 Å². The molecule has 4 heterocycles. The van der Waals surface area contributed by atoms with Crippen LogP contribution in [-0.2, 0) is 36.1 Å². The molecule has 5 aliphatic rings. The second kappa shape index (κ2) is 15.4. The average molecular weight is 777 g/mol. The Hall–Kier alpha value is -1.93. The van der Waals surface area contributed by atoms with Crippen LogP contribution in [0.15, 0.2) is 48.6 Å². The van der Waals surface area contributed by atoms with Gasteiger partial charge in [0.15, 0.2) is 0 Å². The molecule has 278 valence electrons. The Morgan fingerprint density at radius 1 is 1.12 bits per heavy atom. The molecule has 0 aromatic heterocycles. The Balaban J connectivity index is 1.34. The largest absolute Gasteiger partial charge is 0.490 e. The number of halogens is 1. The maximum absolute atomic E-state index is 13.9. The van der Waals surface area contributed by atoms with E-state index in [2.05, 4.69) is 33.9 Å². The number of methoxy groups -OCH3 is 2. The van der Waals surface area contributed by atoms with Crippen LogP contribution >= 0.6 is 35.1 Å². The normalized spacial score (nSPS) is 33.2. The minimum absolute atomic E-state index is 0.0607. The van der Waals surface area contributed by atoms with Crippen molar-refractivity contribution in [3.8, 4) is 5.75 Å². The molecule has 2 aromatic rings. The first-order valence-electron chi connectivity index (χ1n) is 18.0. The van der Waals surface area contributed by atoms with Crippen LogP contribution in [0.25, 0.3) is 0 Å². The van der Waals surface area contributed by atoms with Crippen molar-refractivity contribution in [2.75, 3.05) is 63.5 Å². The average Bonchev–Trinajstić information content (AvgIpc) is 3.26. The summed E-state index contributed by atoms with van der Waals surface area (Å²) in [5.41, 5.74) is 2.56. The Bertz CT molecular complexity index is 1740. The van der Waals surface area contributed by atoms with E-state index in [0.717, 1.165) is 47.9 Å². The van der Waals surface area contributed by atoms with Gasteiger partial charge in [-0.25, -0.2) is 13.1 Å². The number of thioether (sulfide) groups is 2. The highest BCUT2D eigenvalue weighted by molar-refractivity contribution is 8.17. The number of sulfonamides is 1. The maximum atomic E-state index is 13.9. The number of nitrogens with one attached hydrogen (secondary N) is 1. The second-order valence-corrected chi connectivity index (χ2v) is 19.7. The fourth-order valence-corrected chi connectivity index (χ4v) is 14.0. The number of carbonyl (C=O) groups excluding carboxylic acids is 1. The zero-order valence-electron chi connectivity index (χ0n) is 29.6. The third kappa shape index (κ3) is 7.32. The smallest absolute Gasteiger partial charge is 0.264 e. The van der Waals surface area contributed by atoms with E-state index in [-0.39, 0.29) is 46.5 Å². The number of benzene rings is 2. The Morgan fingerprint density at radius 3 is 2.69 bits per heavy atom. The summed E-state index contributed by atoms with van der Waals surface area (Å²) in [5, 5.41) is -0.110. The number of hydrogen-bond acceptors (Lipinski definition) is 10.